The van der Waals surface area contributed by atoms with Gasteiger partial charge in [-0.15, -0.1) is 0 Å². The molecule has 1 aliphatic carbocycles. The third kappa shape index (κ3) is 2.87. The van der Waals surface area contributed by atoms with Gasteiger partial charge < -0.3 is 0 Å². The lowest BCUT2D eigenvalue weighted by molar-refractivity contribution is 1.17. The molecule has 0 atom stereocenters. The minimum Gasteiger partial charge on any atom is -0.0843 e. The van der Waals surface area contributed by atoms with Crippen molar-refractivity contribution in [2.75, 3.05) is 0 Å². The van der Waals surface area contributed by atoms with Gasteiger partial charge in [-0.2, -0.15) is 0 Å². The van der Waals surface area contributed by atoms with Crippen molar-refractivity contribution in [3.63, 3.8) is 0 Å². The molecule has 1 aromatic carbocycles. The summed E-state index contributed by atoms with van der Waals surface area (Å²) >= 11 is 5.29. The molecule has 2 rings (SSSR count). The lowest BCUT2D eigenvalue weighted by Gasteiger charge is -2.09. The van der Waals surface area contributed by atoms with Gasteiger partial charge in [0.1, 0.15) is 0 Å². The van der Waals surface area contributed by atoms with Crippen LogP contribution in [0.25, 0.3) is 0 Å². The number of rotatable bonds is 3. The summed E-state index contributed by atoms with van der Waals surface area (Å²) in [6.07, 6.45) is 10.3. The highest BCUT2D eigenvalue weighted by molar-refractivity contribution is 7.80. The van der Waals surface area contributed by atoms with Gasteiger partial charge in [0.2, 0.25) is 0 Å². The van der Waals surface area contributed by atoms with E-state index >= 15 is 0 Å². The van der Waals surface area contributed by atoms with E-state index in [4.69, 9.17) is 12.2 Å². The van der Waals surface area contributed by atoms with Crippen LogP contribution in [-0.4, -0.2) is 4.86 Å². The van der Waals surface area contributed by atoms with E-state index in [0.717, 1.165) is 17.7 Å². The molecule has 0 N–H and O–H groups in total. The Morgan fingerprint density at radius 1 is 1.20 bits per heavy atom. The van der Waals surface area contributed by atoms with E-state index in [0.29, 0.717) is 0 Å². The van der Waals surface area contributed by atoms with Crippen LogP contribution in [0.5, 0.6) is 0 Å². The fraction of sp³-hybridized carbons (Fsp3) is 0.143. The van der Waals surface area contributed by atoms with Gasteiger partial charge in [0.05, 0.1) is 0 Å². The number of hydrogen-bond acceptors (Lipinski definition) is 1. The normalized spacial score (nSPS) is 15.2. The molecule has 0 unspecified atom stereocenters. The van der Waals surface area contributed by atoms with Crippen LogP contribution in [0.15, 0.2) is 54.1 Å². The van der Waals surface area contributed by atoms with Gasteiger partial charge in [0.15, 0.2) is 0 Å². The quantitative estimate of drug-likeness (QED) is 0.690. The van der Waals surface area contributed by atoms with Crippen LogP contribution < -0.4 is 0 Å². The molecule has 1 aliphatic rings. The summed E-state index contributed by atoms with van der Waals surface area (Å²) in [4.78, 5) is 1.05. The lowest BCUT2D eigenvalue weighted by Crippen LogP contribution is -2.03. The first-order valence-corrected chi connectivity index (χ1v) is 5.54. The van der Waals surface area contributed by atoms with Crippen LogP contribution in [0.3, 0.4) is 0 Å². The van der Waals surface area contributed by atoms with Crippen molar-refractivity contribution in [2.24, 2.45) is 0 Å². The SMILES string of the molecule is S=C1CC=CC=C1[CH]Cc1ccccc1. The smallest absolute Gasteiger partial charge is 0.0225 e. The summed E-state index contributed by atoms with van der Waals surface area (Å²) in [6.45, 7) is 0. The average molecular weight is 213 g/mol. The Morgan fingerprint density at radius 3 is 2.73 bits per heavy atom. The Labute approximate surface area is 96.3 Å². The van der Waals surface area contributed by atoms with Crippen molar-refractivity contribution in [1.29, 1.82) is 0 Å². The summed E-state index contributed by atoms with van der Waals surface area (Å²) in [7, 11) is 0. The van der Waals surface area contributed by atoms with Crippen LogP contribution in [0, 0.1) is 6.42 Å². The number of benzene rings is 1. The Bertz CT molecular complexity index is 399. The zero-order valence-corrected chi connectivity index (χ0v) is 9.34. The Morgan fingerprint density at radius 2 is 2.00 bits per heavy atom. The van der Waals surface area contributed by atoms with Gasteiger partial charge in [-0.05, 0) is 24.0 Å². The highest BCUT2D eigenvalue weighted by Crippen LogP contribution is 2.15. The van der Waals surface area contributed by atoms with E-state index < -0.39 is 0 Å². The zero-order valence-electron chi connectivity index (χ0n) is 8.52. The van der Waals surface area contributed by atoms with Gasteiger partial charge in [0.25, 0.3) is 0 Å². The average Bonchev–Trinajstić information content (AvgIpc) is 2.29. The predicted molar refractivity (Wildman–Crippen MR) is 68.9 cm³/mol. The van der Waals surface area contributed by atoms with Crippen LogP contribution >= 0.6 is 12.2 Å². The summed E-state index contributed by atoms with van der Waals surface area (Å²) in [5.74, 6) is 0. The highest BCUT2D eigenvalue weighted by atomic mass is 32.1. The van der Waals surface area contributed by atoms with E-state index in [1.807, 2.05) is 6.07 Å². The molecular formula is C14H13S. The van der Waals surface area contributed by atoms with Crippen LogP contribution in [0.2, 0.25) is 0 Å². The molecule has 0 amide bonds. The topological polar surface area (TPSA) is 0 Å². The fourth-order valence-electron chi connectivity index (χ4n) is 1.58. The Balaban J connectivity index is 1.96. The zero-order chi connectivity index (χ0) is 10.5. The molecular weight excluding hydrogens is 200 g/mol. The van der Waals surface area contributed by atoms with Gasteiger partial charge >= 0.3 is 0 Å². The summed E-state index contributed by atoms with van der Waals surface area (Å²) in [5.41, 5.74) is 2.53. The van der Waals surface area contributed by atoms with E-state index in [1.165, 1.54) is 11.1 Å². The summed E-state index contributed by atoms with van der Waals surface area (Å²) < 4.78 is 0. The standard InChI is InChI=1S/C14H13S/c15-14-9-5-4-8-13(14)11-10-12-6-2-1-3-7-12/h1-8,11H,9-10H2. The highest BCUT2D eigenvalue weighted by Gasteiger charge is 2.06. The molecule has 15 heavy (non-hydrogen) atoms. The second-order valence-corrected chi connectivity index (χ2v) is 4.06. The molecule has 1 heteroatoms. The maximum atomic E-state index is 5.29. The van der Waals surface area contributed by atoms with Crippen molar-refractivity contribution in [1.82, 2.24) is 0 Å². The van der Waals surface area contributed by atoms with E-state index in [9.17, 15) is 0 Å². The van der Waals surface area contributed by atoms with E-state index in [2.05, 4.69) is 48.9 Å². The molecule has 75 valence electrons. The molecule has 1 aromatic rings. The molecule has 0 saturated heterocycles. The largest absolute Gasteiger partial charge is 0.0843 e. The first-order valence-electron chi connectivity index (χ1n) is 5.13. The molecule has 0 saturated carbocycles. The lowest BCUT2D eigenvalue weighted by atomic mass is 9.98. The van der Waals surface area contributed by atoms with Crippen LogP contribution in [0.1, 0.15) is 12.0 Å². The van der Waals surface area contributed by atoms with Crippen molar-refractivity contribution in [3.8, 4) is 0 Å². The van der Waals surface area contributed by atoms with Crippen molar-refractivity contribution < 1.29 is 0 Å². The molecule has 0 spiro atoms. The Kier molecular flexibility index (Phi) is 3.46. The van der Waals surface area contributed by atoms with Gasteiger partial charge in [0, 0.05) is 11.3 Å². The molecule has 0 aliphatic heterocycles. The van der Waals surface area contributed by atoms with Gasteiger partial charge in [-0.3, -0.25) is 0 Å². The number of hydrogen-bond donors (Lipinski definition) is 0. The first kappa shape index (κ1) is 10.3. The number of thiocarbonyl (C=S) groups is 1. The third-order valence-corrected chi connectivity index (χ3v) is 2.84. The summed E-state index contributed by atoms with van der Waals surface area (Å²) in [6, 6.07) is 10.4. The Hall–Kier alpha value is -1.21. The van der Waals surface area contributed by atoms with Crippen LogP contribution in [0.4, 0.5) is 0 Å². The minimum absolute atomic E-state index is 0.909. The maximum absolute atomic E-state index is 5.29. The van der Waals surface area contributed by atoms with E-state index in [-0.39, 0.29) is 0 Å². The van der Waals surface area contributed by atoms with Crippen molar-refractivity contribution in [3.05, 3.63) is 66.1 Å². The molecule has 0 bridgehead atoms. The van der Waals surface area contributed by atoms with Crippen LogP contribution in [-0.2, 0) is 6.42 Å². The van der Waals surface area contributed by atoms with Gasteiger partial charge in [-0.1, -0.05) is 60.8 Å². The first-order chi connectivity index (χ1) is 7.36. The monoisotopic (exact) mass is 213 g/mol. The van der Waals surface area contributed by atoms with E-state index in [1.54, 1.807) is 0 Å². The minimum atomic E-state index is 0.909. The molecule has 1 radical (unpaired) electrons. The van der Waals surface area contributed by atoms with Crippen molar-refractivity contribution >= 4 is 17.1 Å². The van der Waals surface area contributed by atoms with Crippen molar-refractivity contribution in [2.45, 2.75) is 12.8 Å². The predicted octanol–water partition coefficient (Wildman–Crippen LogP) is 3.69. The second-order valence-electron chi connectivity index (χ2n) is 3.57. The molecule has 0 heterocycles. The molecule has 0 fully saturated rings. The third-order valence-electron chi connectivity index (χ3n) is 2.44. The fourth-order valence-corrected chi connectivity index (χ4v) is 1.83. The second kappa shape index (κ2) is 5.04. The maximum Gasteiger partial charge on any atom is 0.0225 e. The molecule has 0 nitrogen and oxygen atoms in total. The number of allylic oxidation sites excluding steroid dienone is 4. The van der Waals surface area contributed by atoms with Gasteiger partial charge in [-0.25, -0.2) is 0 Å². The summed E-state index contributed by atoms with van der Waals surface area (Å²) in [5, 5.41) is 0. The molecule has 0 aromatic heterocycles.